The van der Waals surface area contributed by atoms with Gasteiger partial charge in [0, 0.05) is 29.9 Å². The van der Waals surface area contributed by atoms with Crippen LogP contribution in [0.4, 0.5) is 4.39 Å². The third kappa shape index (κ3) is 3.77. The molecule has 0 spiro atoms. The van der Waals surface area contributed by atoms with Gasteiger partial charge in [-0.3, -0.25) is 0 Å². The first-order valence-electron chi connectivity index (χ1n) is 5.71. The molecule has 2 rings (SSSR count). The predicted molar refractivity (Wildman–Crippen MR) is 73.7 cm³/mol. The quantitative estimate of drug-likeness (QED) is 0.849. The van der Waals surface area contributed by atoms with Crippen LogP contribution in [-0.2, 0) is 13.0 Å². The third-order valence-electron chi connectivity index (χ3n) is 2.56. The molecule has 0 amide bonds. The molecule has 0 atom stereocenters. The van der Waals surface area contributed by atoms with Crippen molar-refractivity contribution in [2.24, 2.45) is 0 Å². The lowest BCUT2D eigenvalue weighted by Gasteiger charge is -2.06. The summed E-state index contributed by atoms with van der Waals surface area (Å²) in [5.41, 5.74) is 2.02. The monoisotopic (exact) mass is 284 g/mol. The number of hydrogen-bond acceptors (Lipinski definition) is 3. The van der Waals surface area contributed by atoms with Crippen LogP contribution >= 0.6 is 22.9 Å². The minimum absolute atomic E-state index is 0.304. The number of aromatic nitrogens is 1. The molecular weight excluding hydrogens is 271 g/mol. The van der Waals surface area contributed by atoms with E-state index in [0.29, 0.717) is 11.6 Å². The molecule has 0 saturated carbocycles. The Hall–Kier alpha value is -0.970. The fourth-order valence-electron chi connectivity index (χ4n) is 1.63. The summed E-state index contributed by atoms with van der Waals surface area (Å²) in [7, 11) is 0. The van der Waals surface area contributed by atoms with Crippen molar-refractivity contribution in [2.75, 3.05) is 6.54 Å². The summed E-state index contributed by atoms with van der Waals surface area (Å²) in [6.07, 6.45) is 0.892. The Kier molecular flexibility index (Phi) is 4.69. The zero-order valence-electron chi connectivity index (χ0n) is 10.0. The van der Waals surface area contributed by atoms with Crippen LogP contribution in [0.25, 0.3) is 0 Å². The summed E-state index contributed by atoms with van der Waals surface area (Å²) in [6.45, 7) is 3.47. The van der Waals surface area contributed by atoms with Crippen LogP contribution in [0.3, 0.4) is 0 Å². The van der Waals surface area contributed by atoms with Crippen molar-refractivity contribution >= 4 is 22.9 Å². The van der Waals surface area contributed by atoms with Crippen molar-refractivity contribution in [3.8, 4) is 0 Å². The van der Waals surface area contributed by atoms with Crippen LogP contribution in [0, 0.1) is 12.7 Å². The second kappa shape index (κ2) is 6.27. The molecule has 1 N–H and O–H groups in total. The average molecular weight is 285 g/mol. The van der Waals surface area contributed by atoms with Crippen LogP contribution in [0.2, 0.25) is 5.02 Å². The number of nitrogens with one attached hydrogen (secondary N) is 1. The zero-order chi connectivity index (χ0) is 13.0. The molecular formula is C13H14ClFN2S. The summed E-state index contributed by atoms with van der Waals surface area (Å²) in [5, 5.41) is 6.90. The van der Waals surface area contributed by atoms with Gasteiger partial charge in [-0.25, -0.2) is 9.37 Å². The molecule has 0 bridgehead atoms. The Balaban J connectivity index is 1.78. The first-order chi connectivity index (χ1) is 8.65. The van der Waals surface area contributed by atoms with E-state index in [9.17, 15) is 4.39 Å². The van der Waals surface area contributed by atoms with E-state index in [1.165, 1.54) is 12.1 Å². The van der Waals surface area contributed by atoms with Crippen molar-refractivity contribution < 1.29 is 4.39 Å². The van der Waals surface area contributed by atoms with E-state index >= 15 is 0 Å². The number of rotatable bonds is 5. The first kappa shape index (κ1) is 13.5. The molecule has 2 aromatic rings. The standard InChI is InChI=1S/C13H14ClFN2S/c1-9-17-12(8-18-9)4-5-16-7-10-2-3-11(15)6-13(10)14/h2-3,6,8,16H,4-5,7H2,1H3. The van der Waals surface area contributed by atoms with Crippen LogP contribution in [0.1, 0.15) is 16.3 Å². The van der Waals surface area contributed by atoms with E-state index in [-0.39, 0.29) is 5.82 Å². The van der Waals surface area contributed by atoms with E-state index in [4.69, 9.17) is 11.6 Å². The lowest BCUT2D eigenvalue weighted by Crippen LogP contribution is -2.17. The van der Waals surface area contributed by atoms with E-state index < -0.39 is 0 Å². The van der Waals surface area contributed by atoms with E-state index in [1.54, 1.807) is 17.4 Å². The minimum Gasteiger partial charge on any atom is -0.312 e. The Labute approximate surface area is 115 Å². The summed E-state index contributed by atoms with van der Waals surface area (Å²) >= 11 is 7.60. The van der Waals surface area contributed by atoms with Crippen molar-refractivity contribution in [1.82, 2.24) is 10.3 Å². The summed E-state index contributed by atoms with van der Waals surface area (Å²) < 4.78 is 12.8. The van der Waals surface area contributed by atoms with Gasteiger partial charge in [0.15, 0.2) is 0 Å². The highest BCUT2D eigenvalue weighted by atomic mass is 35.5. The number of benzene rings is 1. The zero-order valence-corrected chi connectivity index (χ0v) is 11.6. The molecule has 0 fully saturated rings. The minimum atomic E-state index is -0.304. The van der Waals surface area contributed by atoms with Crippen molar-refractivity contribution in [3.63, 3.8) is 0 Å². The fraction of sp³-hybridized carbons (Fsp3) is 0.308. The Morgan fingerprint density at radius 3 is 2.94 bits per heavy atom. The smallest absolute Gasteiger partial charge is 0.124 e. The second-order valence-electron chi connectivity index (χ2n) is 4.02. The Morgan fingerprint density at radius 2 is 2.28 bits per heavy atom. The van der Waals surface area contributed by atoms with E-state index in [1.807, 2.05) is 6.92 Å². The summed E-state index contributed by atoms with van der Waals surface area (Å²) in [5.74, 6) is -0.304. The maximum absolute atomic E-state index is 12.8. The number of hydrogen-bond donors (Lipinski definition) is 1. The summed E-state index contributed by atoms with van der Waals surface area (Å²) in [4.78, 5) is 4.39. The van der Waals surface area contributed by atoms with E-state index in [0.717, 1.165) is 29.2 Å². The Bertz CT molecular complexity index is 527. The molecule has 1 heterocycles. The van der Waals surface area contributed by atoms with Crippen LogP contribution in [0.5, 0.6) is 0 Å². The van der Waals surface area contributed by atoms with E-state index in [2.05, 4.69) is 15.7 Å². The molecule has 1 aromatic carbocycles. The maximum Gasteiger partial charge on any atom is 0.124 e. The molecule has 0 aliphatic carbocycles. The average Bonchev–Trinajstić information content (AvgIpc) is 2.73. The molecule has 18 heavy (non-hydrogen) atoms. The van der Waals surface area contributed by atoms with Gasteiger partial charge in [0.25, 0.3) is 0 Å². The van der Waals surface area contributed by atoms with Crippen molar-refractivity contribution in [1.29, 1.82) is 0 Å². The molecule has 0 radical (unpaired) electrons. The fourth-order valence-corrected chi connectivity index (χ4v) is 2.51. The summed E-state index contributed by atoms with van der Waals surface area (Å²) in [6, 6.07) is 4.46. The van der Waals surface area contributed by atoms with Gasteiger partial charge in [-0.2, -0.15) is 0 Å². The van der Waals surface area contributed by atoms with Crippen LogP contribution in [-0.4, -0.2) is 11.5 Å². The van der Waals surface area contributed by atoms with Crippen molar-refractivity contribution in [3.05, 3.63) is 50.7 Å². The van der Waals surface area contributed by atoms with Gasteiger partial charge < -0.3 is 5.32 Å². The normalized spacial score (nSPS) is 10.8. The third-order valence-corrected chi connectivity index (χ3v) is 3.73. The van der Waals surface area contributed by atoms with Gasteiger partial charge in [0.05, 0.1) is 10.7 Å². The van der Waals surface area contributed by atoms with Gasteiger partial charge in [-0.05, 0) is 24.6 Å². The van der Waals surface area contributed by atoms with Crippen molar-refractivity contribution in [2.45, 2.75) is 19.9 Å². The molecule has 0 aliphatic heterocycles. The van der Waals surface area contributed by atoms with Gasteiger partial charge >= 0.3 is 0 Å². The SMILES string of the molecule is Cc1nc(CCNCc2ccc(F)cc2Cl)cs1. The molecule has 5 heteroatoms. The molecule has 96 valence electrons. The van der Waals surface area contributed by atoms with Gasteiger partial charge in [0.1, 0.15) is 5.82 Å². The van der Waals surface area contributed by atoms with Gasteiger partial charge in [-0.15, -0.1) is 11.3 Å². The first-order valence-corrected chi connectivity index (χ1v) is 6.96. The largest absolute Gasteiger partial charge is 0.312 e. The molecule has 1 aromatic heterocycles. The molecule has 2 nitrogen and oxygen atoms in total. The number of aryl methyl sites for hydroxylation is 1. The maximum atomic E-state index is 12.8. The number of thiazole rings is 1. The topological polar surface area (TPSA) is 24.9 Å². The molecule has 0 aliphatic rings. The second-order valence-corrected chi connectivity index (χ2v) is 5.49. The highest BCUT2D eigenvalue weighted by Crippen LogP contribution is 2.16. The Morgan fingerprint density at radius 1 is 1.44 bits per heavy atom. The van der Waals surface area contributed by atoms with Gasteiger partial charge in [-0.1, -0.05) is 17.7 Å². The molecule has 0 saturated heterocycles. The van der Waals surface area contributed by atoms with Crippen LogP contribution in [0.15, 0.2) is 23.6 Å². The van der Waals surface area contributed by atoms with Crippen LogP contribution < -0.4 is 5.32 Å². The number of halogens is 2. The lowest BCUT2D eigenvalue weighted by molar-refractivity contribution is 0.625. The van der Waals surface area contributed by atoms with Gasteiger partial charge in [0.2, 0.25) is 0 Å². The molecule has 0 unspecified atom stereocenters. The highest BCUT2D eigenvalue weighted by molar-refractivity contribution is 7.09. The number of nitrogens with zero attached hydrogens (tertiary/aromatic N) is 1. The predicted octanol–water partition coefficient (Wildman–Crippen LogP) is 3.58. The lowest BCUT2D eigenvalue weighted by atomic mass is 10.2. The highest BCUT2D eigenvalue weighted by Gasteiger charge is 2.02.